The number of aryl methyl sites for hydroxylation is 1. The monoisotopic (exact) mass is 460 g/mol. The van der Waals surface area contributed by atoms with Crippen LogP contribution in [0.25, 0.3) is 0 Å². The molecule has 0 radical (unpaired) electrons. The van der Waals surface area contributed by atoms with E-state index in [0.717, 1.165) is 11.5 Å². The Labute approximate surface area is 190 Å². The van der Waals surface area contributed by atoms with Crippen LogP contribution in [0.3, 0.4) is 0 Å². The minimum atomic E-state index is -0.365. The molecule has 0 unspecified atom stereocenters. The van der Waals surface area contributed by atoms with Crippen molar-refractivity contribution in [3.05, 3.63) is 58.9 Å². The van der Waals surface area contributed by atoms with Gasteiger partial charge in [-0.3, -0.25) is 14.4 Å². The van der Waals surface area contributed by atoms with Crippen LogP contribution in [0, 0.1) is 6.92 Å². The highest BCUT2D eigenvalue weighted by molar-refractivity contribution is 6.33. The smallest absolute Gasteiger partial charge is 0.290 e. The lowest BCUT2D eigenvalue weighted by Crippen LogP contribution is -2.22. The first-order valence-corrected chi connectivity index (χ1v) is 9.94. The van der Waals surface area contributed by atoms with Crippen LogP contribution in [0.1, 0.15) is 35.9 Å². The Kier molecular flexibility index (Phi) is 8.99. The Morgan fingerprint density at radius 3 is 2.56 bits per heavy atom. The summed E-state index contributed by atoms with van der Waals surface area (Å²) in [5.74, 6) is 1.06. The standard InChI is InChI=1S/C20H23ClN6O2.CH2O2/c1-12(2)27-19(9-13(3)25-27)24-18-10-17(15(21)11-22-18)23-16-8-6-5-7-14(16)20(28)26-29-4;2-1-3/h5-12H,1-4H3,(H,26,28)(H2,22,23,24);1H,(H,2,3). The van der Waals surface area contributed by atoms with Crippen LogP contribution in [0.5, 0.6) is 0 Å². The van der Waals surface area contributed by atoms with E-state index >= 15 is 0 Å². The molecule has 0 aliphatic rings. The number of hydroxylamine groups is 1. The molecule has 0 fully saturated rings. The second kappa shape index (κ2) is 11.7. The fraction of sp³-hybridized carbons (Fsp3) is 0.238. The maximum atomic E-state index is 12.2. The number of carboxylic acid groups (broad SMARTS) is 1. The Morgan fingerprint density at radius 1 is 1.22 bits per heavy atom. The third-order valence-corrected chi connectivity index (χ3v) is 4.40. The van der Waals surface area contributed by atoms with E-state index in [0.29, 0.717) is 27.8 Å². The van der Waals surface area contributed by atoms with Gasteiger partial charge in [0, 0.05) is 18.2 Å². The van der Waals surface area contributed by atoms with E-state index in [1.165, 1.54) is 7.11 Å². The zero-order chi connectivity index (χ0) is 23.7. The van der Waals surface area contributed by atoms with Crippen molar-refractivity contribution >= 4 is 47.0 Å². The number of para-hydroxylation sites is 1. The Morgan fingerprint density at radius 2 is 1.91 bits per heavy atom. The third kappa shape index (κ3) is 6.43. The number of pyridine rings is 1. The molecule has 32 heavy (non-hydrogen) atoms. The van der Waals surface area contributed by atoms with E-state index in [4.69, 9.17) is 26.3 Å². The van der Waals surface area contributed by atoms with Gasteiger partial charge in [-0.05, 0) is 32.9 Å². The summed E-state index contributed by atoms with van der Waals surface area (Å²) in [6.07, 6.45) is 1.55. The summed E-state index contributed by atoms with van der Waals surface area (Å²) in [6.45, 7) is 5.80. The highest BCUT2D eigenvalue weighted by Gasteiger charge is 2.14. The van der Waals surface area contributed by atoms with Crippen LogP contribution >= 0.6 is 11.6 Å². The summed E-state index contributed by atoms with van der Waals surface area (Å²) < 4.78 is 1.89. The number of rotatable bonds is 7. The zero-order valence-electron chi connectivity index (χ0n) is 18.1. The van der Waals surface area contributed by atoms with Gasteiger partial charge in [0.2, 0.25) is 0 Å². The van der Waals surface area contributed by atoms with Gasteiger partial charge in [0.1, 0.15) is 11.6 Å². The molecule has 0 bridgehead atoms. The molecule has 0 aliphatic carbocycles. The normalized spacial score (nSPS) is 10.2. The Bertz CT molecular complexity index is 1070. The number of carbonyl (C=O) groups excluding carboxylic acids is 1. The van der Waals surface area contributed by atoms with E-state index in [1.807, 2.05) is 23.7 Å². The predicted molar refractivity (Wildman–Crippen MR) is 123 cm³/mol. The van der Waals surface area contributed by atoms with E-state index in [1.54, 1.807) is 30.5 Å². The average molecular weight is 461 g/mol. The van der Waals surface area contributed by atoms with Crippen molar-refractivity contribution in [1.29, 1.82) is 0 Å². The van der Waals surface area contributed by atoms with Crippen molar-refractivity contribution in [2.24, 2.45) is 0 Å². The minimum Gasteiger partial charge on any atom is -0.483 e. The Hall–Kier alpha value is -3.63. The van der Waals surface area contributed by atoms with Crippen LogP contribution in [0.2, 0.25) is 5.02 Å². The van der Waals surface area contributed by atoms with Gasteiger partial charge < -0.3 is 15.7 Å². The zero-order valence-corrected chi connectivity index (χ0v) is 18.8. The number of carbonyl (C=O) groups is 2. The van der Waals surface area contributed by atoms with E-state index in [-0.39, 0.29) is 18.4 Å². The van der Waals surface area contributed by atoms with Crippen molar-refractivity contribution in [3.8, 4) is 0 Å². The third-order valence-electron chi connectivity index (χ3n) is 4.09. The molecule has 11 heteroatoms. The van der Waals surface area contributed by atoms with Crippen LogP contribution in [-0.2, 0) is 9.63 Å². The average Bonchev–Trinajstić information content (AvgIpc) is 3.12. The molecular weight excluding hydrogens is 436 g/mol. The molecule has 1 amide bonds. The summed E-state index contributed by atoms with van der Waals surface area (Å²) in [7, 11) is 1.38. The lowest BCUT2D eigenvalue weighted by molar-refractivity contribution is -0.122. The van der Waals surface area contributed by atoms with Crippen molar-refractivity contribution in [2.75, 3.05) is 17.7 Å². The van der Waals surface area contributed by atoms with Gasteiger partial charge in [-0.1, -0.05) is 23.7 Å². The fourth-order valence-electron chi connectivity index (χ4n) is 2.82. The van der Waals surface area contributed by atoms with Gasteiger partial charge in [0.15, 0.2) is 0 Å². The second-order valence-electron chi connectivity index (χ2n) is 6.79. The maximum Gasteiger partial charge on any atom is 0.290 e. The van der Waals surface area contributed by atoms with E-state index < -0.39 is 0 Å². The number of hydrogen-bond acceptors (Lipinski definition) is 7. The molecule has 0 saturated carbocycles. The Balaban J connectivity index is 0.00000114. The van der Waals surface area contributed by atoms with Gasteiger partial charge in [0.25, 0.3) is 12.4 Å². The van der Waals surface area contributed by atoms with E-state index in [2.05, 4.69) is 40.0 Å². The molecule has 2 aromatic heterocycles. The van der Waals surface area contributed by atoms with Crippen molar-refractivity contribution in [1.82, 2.24) is 20.2 Å². The van der Waals surface area contributed by atoms with Crippen LogP contribution < -0.4 is 16.1 Å². The topological polar surface area (TPSA) is 130 Å². The maximum absolute atomic E-state index is 12.2. The first-order chi connectivity index (χ1) is 15.3. The number of hydrogen-bond donors (Lipinski definition) is 4. The summed E-state index contributed by atoms with van der Waals surface area (Å²) in [4.78, 5) is 29.6. The molecule has 0 spiro atoms. The minimum absolute atomic E-state index is 0.197. The fourth-order valence-corrected chi connectivity index (χ4v) is 2.97. The molecule has 0 aliphatic heterocycles. The summed E-state index contributed by atoms with van der Waals surface area (Å²) in [6, 6.07) is 11.0. The quantitative estimate of drug-likeness (QED) is 0.303. The number of halogens is 1. The van der Waals surface area contributed by atoms with Crippen LogP contribution in [-0.4, -0.2) is 39.4 Å². The van der Waals surface area contributed by atoms with Gasteiger partial charge in [-0.2, -0.15) is 5.10 Å². The molecule has 10 nitrogen and oxygen atoms in total. The van der Waals surface area contributed by atoms with Crippen LogP contribution in [0.4, 0.5) is 23.0 Å². The van der Waals surface area contributed by atoms with Gasteiger partial charge in [0.05, 0.1) is 41.0 Å². The number of nitrogens with one attached hydrogen (secondary N) is 3. The van der Waals surface area contributed by atoms with E-state index in [9.17, 15) is 4.79 Å². The summed E-state index contributed by atoms with van der Waals surface area (Å²) in [5.41, 5.74) is 4.84. The molecule has 2 heterocycles. The number of benzene rings is 1. The number of aromatic nitrogens is 3. The first kappa shape index (κ1) is 24.6. The second-order valence-corrected chi connectivity index (χ2v) is 7.20. The lowest BCUT2D eigenvalue weighted by atomic mass is 10.1. The van der Waals surface area contributed by atoms with Gasteiger partial charge in [-0.15, -0.1) is 0 Å². The highest BCUT2D eigenvalue weighted by Crippen LogP contribution is 2.30. The molecular formula is C21H25ClN6O4. The molecule has 0 saturated heterocycles. The molecule has 3 aromatic rings. The number of nitrogens with zero attached hydrogens (tertiary/aromatic N) is 3. The largest absolute Gasteiger partial charge is 0.483 e. The highest BCUT2D eigenvalue weighted by atomic mass is 35.5. The molecule has 0 atom stereocenters. The number of anilines is 4. The van der Waals surface area contributed by atoms with Crippen LogP contribution in [0.15, 0.2) is 42.6 Å². The van der Waals surface area contributed by atoms with Crippen molar-refractivity contribution in [3.63, 3.8) is 0 Å². The lowest BCUT2D eigenvalue weighted by Gasteiger charge is -2.15. The summed E-state index contributed by atoms with van der Waals surface area (Å²) in [5, 5.41) is 18.3. The van der Waals surface area contributed by atoms with Gasteiger partial charge in [-0.25, -0.2) is 15.1 Å². The van der Waals surface area contributed by atoms with Crippen molar-refractivity contribution in [2.45, 2.75) is 26.8 Å². The number of amides is 1. The molecule has 4 N–H and O–H groups in total. The molecule has 3 rings (SSSR count). The first-order valence-electron chi connectivity index (χ1n) is 9.56. The SMILES string of the molecule is CONC(=O)c1ccccc1Nc1cc(Nc2cc(C)nn2C(C)C)ncc1Cl.O=CO. The molecule has 1 aromatic carbocycles. The summed E-state index contributed by atoms with van der Waals surface area (Å²) >= 11 is 6.33. The molecule has 170 valence electrons. The van der Waals surface area contributed by atoms with Gasteiger partial charge >= 0.3 is 0 Å². The predicted octanol–water partition coefficient (Wildman–Crippen LogP) is 4.30. The van der Waals surface area contributed by atoms with Crippen molar-refractivity contribution < 1.29 is 19.5 Å².